The first-order valence-electron chi connectivity index (χ1n) is 4.20. The van der Waals surface area contributed by atoms with Crippen LogP contribution in [-0.2, 0) is 0 Å². The number of aliphatic hydroxyl groups is 1. The van der Waals surface area contributed by atoms with Gasteiger partial charge in [-0.25, -0.2) is 0 Å². The van der Waals surface area contributed by atoms with Crippen molar-refractivity contribution in [2.75, 3.05) is 0 Å². The van der Waals surface area contributed by atoms with Crippen LogP contribution in [0.15, 0.2) is 29.2 Å². The van der Waals surface area contributed by atoms with Crippen LogP contribution in [0.4, 0.5) is 26.3 Å². The lowest BCUT2D eigenvalue weighted by atomic mass is 10.1. The summed E-state index contributed by atoms with van der Waals surface area (Å²) in [5.41, 5.74) is -4.99. The molecule has 1 rings (SSSR count). The van der Waals surface area contributed by atoms with Gasteiger partial charge in [0.2, 0.25) is 0 Å². The molecule has 0 radical (unpaired) electrons. The molecule has 1 atom stereocenters. The Bertz CT molecular complexity index is 369. The molecular formula is C9H6F6OS. The van der Waals surface area contributed by atoms with Crippen molar-refractivity contribution in [1.29, 1.82) is 0 Å². The summed E-state index contributed by atoms with van der Waals surface area (Å²) in [6.45, 7) is 0. The molecule has 0 amide bonds. The van der Waals surface area contributed by atoms with E-state index in [0.29, 0.717) is 0 Å². The first-order valence-corrected chi connectivity index (χ1v) is 5.02. The standard InChI is InChI=1S/C9H6F6OS/c10-8(11,12)7(16)5-1-3-6(4-2-5)17-9(13,14)15/h1-4,7,16H/t7-/m0/s1. The summed E-state index contributed by atoms with van der Waals surface area (Å²) in [6.07, 6.45) is -7.52. The molecule has 0 saturated heterocycles. The summed E-state index contributed by atoms with van der Waals surface area (Å²) in [7, 11) is 0. The summed E-state index contributed by atoms with van der Waals surface area (Å²) in [5.74, 6) is 0. The third-order valence-corrected chi connectivity index (χ3v) is 2.48. The third-order valence-electron chi connectivity index (χ3n) is 1.74. The van der Waals surface area contributed by atoms with Gasteiger partial charge in [0.15, 0.2) is 6.10 Å². The number of hydrogen-bond donors (Lipinski definition) is 1. The highest BCUT2D eigenvalue weighted by molar-refractivity contribution is 8.00. The molecule has 0 bridgehead atoms. The Labute approximate surface area is 96.4 Å². The predicted molar refractivity (Wildman–Crippen MR) is 49.4 cm³/mol. The van der Waals surface area contributed by atoms with E-state index in [1.807, 2.05) is 0 Å². The van der Waals surface area contributed by atoms with Crippen molar-refractivity contribution >= 4 is 11.8 Å². The van der Waals surface area contributed by atoms with Gasteiger partial charge in [0, 0.05) is 4.90 Å². The summed E-state index contributed by atoms with van der Waals surface area (Å²) in [6, 6.07) is 3.38. The number of thioether (sulfide) groups is 1. The van der Waals surface area contributed by atoms with Crippen LogP contribution >= 0.6 is 11.8 Å². The molecule has 0 aliphatic heterocycles. The zero-order valence-electron chi connectivity index (χ0n) is 8.01. The average Bonchev–Trinajstić information content (AvgIpc) is 2.14. The largest absolute Gasteiger partial charge is 0.446 e. The second-order valence-electron chi connectivity index (χ2n) is 3.06. The fraction of sp³-hybridized carbons (Fsp3) is 0.333. The highest BCUT2D eigenvalue weighted by Gasteiger charge is 2.39. The number of halogens is 6. The predicted octanol–water partition coefficient (Wildman–Crippen LogP) is 3.89. The zero-order chi connectivity index (χ0) is 13.3. The SMILES string of the molecule is O[C@@H](c1ccc(SC(F)(F)F)cc1)C(F)(F)F. The van der Waals surface area contributed by atoms with Gasteiger partial charge in [-0.05, 0) is 29.5 Å². The van der Waals surface area contributed by atoms with Crippen molar-refractivity contribution in [2.24, 2.45) is 0 Å². The van der Waals surface area contributed by atoms with Gasteiger partial charge >= 0.3 is 11.7 Å². The molecule has 0 spiro atoms. The second-order valence-corrected chi connectivity index (χ2v) is 4.20. The second kappa shape index (κ2) is 4.77. The topological polar surface area (TPSA) is 20.2 Å². The highest BCUT2D eigenvalue weighted by atomic mass is 32.2. The molecule has 1 N–H and O–H groups in total. The summed E-state index contributed by atoms with van der Waals surface area (Å²) in [4.78, 5) is -0.240. The Morgan fingerprint density at radius 1 is 0.941 bits per heavy atom. The Balaban J connectivity index is 2.82. The first-order chi connectivity index (χ1) is 7.59. The van der Waals surface area contributed by atoms with E-state index < -0.39 is 35.1 Å². The summed E-state index contributed by atoms with van der Waals surface area (Å²) < 4.78 is 72.0. The van der Waals surface area contributed by atoms with Crippen LogP contribution in [-0.4, -0.2) is 16.8 Å². The van der Waals surface area contributed by atoms with Crippen LogP contribution in [0.2, 0.25) is 0 Å². The zero-order valence-corrected chi connectivity index (χ0v) is 8.83. The first kappa shape index (κ1) is 14.2. The maximum Gasteiger partial charge on any atom is 0.446 e. The lowest BCUT2D eigenvalue weighted by Crippen LogP contribution is -2.20. The molecule has 1 nitrogen and oxygen atoms in total. The molecule has 1 aromatic carbocycles. The van der Waals surface area contributed by atoms with Crippen molar-refractivity contribution in [3.05, 3.63) is 29.8 Å². The number of benzene rings is 1. The highest BCUT2D eigenvalue weighted by Crippen LogP contribution is 2.38. The Kier molecular flexibility index (Phi) is 3.98. The Morgan fingerprint density at radius 3 is 1.76 bits per heavy atom. The quantitative estimate of drug-likeness (QED) is 0.653. The molecule has 1 aromatic rings. The van der Waals surface area contributed by atoms with Crippen molar-refractivity contribution < 1.29 is 31.4 Å². The van der Waals surface area contributed by atoms with Gasteiger partial charge in [0.25, 0.3) is 0 Å². The molecule has 0 heterocycles. The number of alkyl halides is 6. The normalized spacial score (nSPS) is 14.8. The van der Waals surface area contributed by atoms with Crippen LogP contribution in [0.25, 0.3) is 0 Å². The maximum absolute atomic E-state index is 12.1. The van der Waals surface area contributed by atoms with Crippen molar-refractivity contribution in [3.63, 3.8) is 0 Å². The van der Waals surface area contributed by atoms with E-state index in [1.54, 1.807) is 0 Å². The molecule has 0 unspecified atom stereocenters. The van der Waals surface area contributed by atoms with Crippen molar-refractivity contribution in [3.8, 4) is 0 Å². The average molecular weight is 276 g/mol. The lowest BCUT2D eigenvalue weighted by Gasteiger charge is -2.15. The number of hydrogen-bond acceptors (Lipinski definition) is 2. The number of rotatable bonds is 2. The molecule has 96 valence electrons. The number of aliphatic hydroxyl groups excluding tert-OH is 1. The molecule has 17 heavy (non-hydrogen) atoms. The van der Waals surface area contributed by atoms with E-state index in [9.17, 15) is 26.3 Å². The van der Waals surface area contributed by atoms with Gasteiger partial charge in [-0.3, -0.25) is 0 Å². The van der Waals surface area contributed by atoms with E-state index in [1.165, 1.54) is 0 Å². The maximum atomic E-state index is 12.1. The smallest absolute Gasteiger partial charge is 0.379 e. The minimum absolute atomic E-state index is 0.240. The molecule has 0 aliphatic carbocycles. The van der Waals surface area contributed by atoms with Crippen LogP contribution in [0.5, 0.6) is 0 Å². The molecule has 0 fully saturated rings. The van der Waals surface area contributed by atoms with Crippen molar-refractivity contribution in [2.45, 2.75) is 22.7 Å². The van der Waals surface area contributed by atoms with Crippen LogP contribution in [0.1, 0.15) is 11.7 Å². The Morgan fingerprint density at radius 2 is 1.41 bits per heavy atom. The van der Waals surface area contributed by atoms with Gasteiger partial charge in [0.05, 0.1) is 0 Å². The molecule has 0 aliphatic rings. The molecular weight excluding hydrogens is 270 g/mol. The van der Waals surface area contributed by atoms with Crippen LogP contribution in [0, 0.1) is 0 Å². The molecule has 0 saturated carbocycles. The fourth-order valence-electron chi connectivity index (χ4n) is 1.04. The van der Waals surface area contributed by atoms with Crippen LogP contribution < -0.4 is 0 Å². The van der Waals surface area contributed by atoms with Crippen molar-refractivity contribution in [1.82, 2.24) is 0 Å². The van der Waals surface area contributed by atoms with Gasteiger partial charge in [0.1, 0.15) is 0 Å². The van der Waals surface area contributed by atoms with E-state index in [4.69, 9.17) is 5.11 Å². The van der Waals surface area contributed by atoms with E-state index in [2.05, 4.69) is 0 Å². The molecule has 8 heteroatoms. The Hall–Kier alpha value is -0.890. The summed E-state index contributed by atoms with van der Waals surface area (Å²) in [5, 5.41) is 8.83. The fourth-order valence-corrected chi connectivity index (χ4v) is 1.58. The van der Waals surface area contributed by atoms with Gasteiger partial charge < -0.3 is 5.11 Å². The minimum Gasteiger partial charge on any atom is -0.379 e. The third kappa shape index (κ3) is 4.47. The molecule has 0 aromatic heterocycles. The summed E-state index contributed by atoms with van der Waals surface area (Å²) >= 11 is -0.434. The lowest BCUT2D eigenvalue weighted by molar-refractivity contribution is -0.206. The van der Waals surface area contributed by atoms with Gasteiger partial charge in [-0.2, -0.15) is 26.3 Å². The van der Waals surface area contributed by atoms with E-state index in [0.717, 1.165) is 24.3 Å². The van der Waals surface area contributed by atoms with Gasteiger partial charge in [-0.15, -0.1) is 0 Å². The van der Waals surface area contributed by atoms with E-state index in [-0.39, 0.29) is 4.90 Å². The van der Waals surface area contributed by atoms with Gasteiger partial charge in [-0.1, -0.05) is 12.1 Å². The van der Waals surface area contributed by atoms with E-state index >= 15 is 0 Å². The van der Waals surface area contributed by atoms with Crippen LogP contribution in [0.3, 0.4) is 0 Å². The monoisotopic (exact) mass is 276 g/mol. The minimum atomic E-state index is -4.83.